The SMILES string of the molecule is C#CCOc1ccc(Br)cc1C=Nn1c(C2CCCCC2)nc2ccccc2c1=O. The number of aromatic nitrogens is 2. The third-order valence-corrected chi connectivity index (χ3v) is 5.84. The van der Waals surface area contributed by atoms with E-state index in [0.717, 1.165) is 47.1 Å². The van der Waals surface area contributed by atoms with Crippen LogP contribution >= 0.6 is 15.9 Å². The van der Waals surface area contributed by atoms with Crippen molar-refractivity contribution in [3.05, 3.63) is 68.7 Å². The normalized spacial score (nSPS) is 14.8. The molecule has 0 saturated heterocycles. The molecule has 0 radical (unpaired) electrons. The van der Waals surface area contributed by atoms with Gasteiger partial charge in [-0.05, 0) is 43.2 Å². The van der Waals surface area contributed by atoms with Crippen molar-refractivity contribution in [2.24, 2.45) is 5.10 Å². The molecule has 0 unspecified atom stereocenters. The molecule has 3 aromatic rings. The Kier molecular flexibility index (Phi) is 6.29. The van der Waals surface area contributed by atoms with E-state index in [0.29, 0.717) is 11.1 Å². The van der Waals surface area contributed by atoms with Gasteiger partial charge in [-0.25, -0.2) is 4.98 Å². The summed E-state index contributed by atoms with van der Waals surface area (Å²) in [4.78, 5) is 18.1. The van der Waals surface area contributed by atoms with Crippen LogP contribution in [0.1, 0.15) is 49.4 Å². The number of ether oxygens (including phenoxy) is 1. The minimum atomic E-state index is -0.154. The van der Waals surface area contributed by atoms with Gasteiger partial charge in [0.25, 0.3) is 5.56 Å². The van der Waals surface area contributed by atoms with E-state index in [1.165, 1.54) is 11.1 Å². The van der Waals surface area contributed by atoms with Crippen LogP contribution in [0, 0.1) is 12.3 Å². The second-order valence-corrected chi connectivity index (χ2v) is 8.27. The maximum Gasteiger partial charge on any atom is 0.282 e. The van der Waals surface area contributed by atoms with Crippen LogP contribution in [0.4, 0.5) is 0 Å². The lowest BCUT2D eigenvalue weighted by Crippen LogP contribution is -2.25. The van der Waals surface area contributed by atoms with Crippen molar-refractivity contribution in [3.63, 3.8) is 0 Å². The van der Waals surface area contributed by atoms with Crippen LogP contribution in [0.5, 0.6) is 5.75 Å². The van der Waals surface area contributed by atoms with Crippen molar-refractivity contribution >= 4 is 33.0 Å². The van der Waals surface area contributed by atoms with Crippen molar-refractivity contribution in [2.45, 2.75) is 38.0 Å². The number of halogens is 1. The lowest BCUT2D eigenvalue weighted by atomic mass is 9.88. The molecular formula is C24H22BrN3O2. The fraction of sp³-hybridized carbons (Fsp3) is 0.292. The van der Waals surface area contributed by atoms with Gasteiger partial charge in [0.15, 0.2) is 0 Å². The van der Waals surface area contributed by atoms with Crippen LogP contribution in [-0.4, -0.2) is 22.5 Å². The number of hydrogen-bond donors (Lipinski definition) is 0. The summed E-state index contributed by atoms with van der Waals surface area (Å²) in [6.07, 6.45) is 12.5. The lowest BCUT2D eigenvalue weighted by molar-refractivity contribution is 0.370. The third-order valence-electron chi connectivity index (χ3n) is 5.34. The zero-order chi connectivity index (χ0) is 20.9. The lowest BCUT2D eigenvalue weighted by Gasteiger charge is -2.22. The molecule has 4 rings (SSSR count). The standard InChI is InChI=1S/C24H22BrN3O2/c1-2-14-30-22-13-12-19(25)15-18(22)16-26-28-23(17-8-4-3-5-9-17)27-21-11-7-6-10-20(21)24(28)29/h1,6-7,10-13,15-17H,3-5,8-9,14H2. The highest BCUT2D eigenvalue weighted by molar-refractivity contribution is 9.10. The summed E-state index contributed by atoms with van der Waals surface area (Å²) in [6.45, 7) is 0.160. The Morgan fingerprint density at radius 1 is 1.23 bits per heavy atom. The molecule has 1 heterocycles. The van der Waals surface area contributed by atoms with Gasteiger partial charge in [0, 0.05) is 16.0 Å². The number of fused-ring (bicyclic) bond motifs is 1. The van der Waals surface area contributed by atoms with E-state index in [4.69, 9.17) is 16.1 Å². The van der Waals surface area contributed by atoms with Crippen molar-refractivity contribution in [1.82, 2.24) is 9.66 Å². The first-order chi connectivity index (χ1) is 14.7. The Morgan fingerprint density at radius 2 is 2.03 bits per heavy atom. The highest BCUT2D eigenvalue weighted by atomic mass is 79.9. The molecule has 152 valence electrons. The summed E-state index contributed by atoms with van der Waals surface area (Å²) >= 11 is 3.48. The second-order valence-electron chi connectivity index (χ2n) is 7.36. The summed E-state index contributed by atoms with van der Waals surface area (Å²) in [5, 5.41) is 5.14. The van der Waals surface area contributed by atoms with Crippen LogP contribution in [-0.2, 0) is 0 Å². The molecular weight excluding hydrogens is 442 g/mol. The van der Waals surface area contributed by atoms with Crippen molar-refractivity contribution in [3.8, 4) is 18.1 Å². The van der Waals surface area contributed by atoms with E-state index in [2.05, 4.69) is 27.0 Å². The first-order valence-electron chi connectivity index (χ1n) is 10.1. The number of hydrogen-bond acceptors (Lipinski definition) is 4. The van der Waals surface area contributed by atoms with Crippen molar-refractivity contribution in [2.75, 3.05) is 6.61 Å². The smallest absolute Gasteiger partial charge is 0.282 e. The zero-order valence-corrected chi connectivity index (χ0v) is 18.1. The molecule has 0 aliphatic heterocycles. The van der Waals surface area contributed by atoms with Crippen LogP contribution in [0.15, 0.2) is 56.8 Å². The topological polar surface area (TPSA) is 56.5 Å². The Balaban J connectivity index is 1.82. The van der Waals surface area contributed by atoms with Gasteiger partial charge in [0.1, 0.15) is 18.2 Å². The predicted octanol–water partition coefficient (Wildman–Crippen LogP) is 5.10. The molecule has 6 heteroatoms. The largest absolute Gasteiger partial charge is 0.480 e. The van der Waals surface area contributed by atoms with Crippen molar-refractivity contribution in [1.29, 1.82) is 0 Å². The molecule has 0 spiro atoms. The van der Waals surface area contributed by atoms with Crippen LogP contribution in [0.3, 0.4) is 0 Å². The maximum atomic E-state index is 13.3. The van der Waals surface area contributed by atoms with Crippen LogP contribution < -0.4 is 10.3 Å². The van der Waals surface area contributed by atoms with Gasteiger partial charge in [-0.3, -0.25) is 4.79 Å². The zero-order valence-electron chi connectivity index (χ0n) is 16.6. The van der Waals surface area contributed by atoms with E-state index >= 15 is 0 Å². The van der Waals surface area contributed by atoms with Crippen LogP contribution in [0.25, 0.3) is 10.9 Å². The molecule has 30 heavy (non-hydrogen) atoms. The fourth-order valence-corrected chi connectivity index (χ4v) is 4.25. The summed E-state index contributed by atoms with van der Waals surface area (Å²) in [6, 6.07) is 13.0. The Labute approximate surface area is 183 Å². The highest BCUT2D eigenvalue weighted by Gasteiger charge is 2.22. The number of benzene rings is 2. The van der Waals surface area contributed by atoms with E-state index in [9.17, 15) is 4.79 Å². The molecule has 1 aliphatic carbocycles. The number of nitrogens with zero attached hydrogens (tertiary/aromatic N) is 3. The summed E-state index contributed by atoms with van der Waals surface area (Å²) in [5.74, 6) is 4.04. The molecule has 0 atom stereocenters. The van der Waals surface area contributed by atoms with Gasteiger partial charge in [-0.15, -0.1) is 6.42 Å². The molecule has 1 fully saturated rings. The fourth-order valence-electron chi connectivity index (χ4n) is 3.87. The molecule has 1 saturated carbocycles. The van der Waals surface area contributed by atoms with E-state index in [1.807, 2.05) is 36.4 Å². The second kappa shape index (κ2) is 9.27. The Hall–Kier alpha value is -2.91. The summed E-state index contributed by atoms with van der Waals surface area (Å²) in [7, 11) is 0. The maximum absolute atomic E-state index is 13.3. The summed E-state index contributed by atoms with van der Waals surface area (Å²) < 4.78 is 7.97. The van der Waals surface area contributed by atoms with Crippen molar-refractivity contribution < 1.29 is 4.74 Å². The molecule has 0 N–H and O–H groups in total. The van der Waals surface area contributed by atoms with E-state index < -0.39 is 0 Å². The van der Waals surface area contributed by atoms with Gasteiger partial charge >= 0.3 is 0 Å². The van der Waals surface area contributed by atoms with Gasteiger partial charge in [0.2, 0.25) is 0 Å². The van der Waals surface area contributed by atoms with E-state index in [-0.39, 0.29) is 18.1 Å². The van der Waals surface area contributed by atoms with Gasteiger partial charge in [-0.1, -0.05) is 53.2 Å². The molecule has 0 bridgehead atoms. The average Bonchev–Trinajstić information content (AvgIpc) is 2.78. The first kappa shape index (κ1) is 20.4. The van der Waals surface area contributed by atoms with Gasteiger partial charge in [-0.2, -0.15) is 9.78 Å². The van der Waals surface area contributed by atoms with Crippen LogP contribution in [0.2, 0.25) is 0 Å². The number of para-hydroxylation sites is 1. The highest BCUT2D eigenvalue weighted by Crippen LogP contribution is 2.32. The minimum absolute atomic E-state index is 0.154. The molecule has 2 aromatic carbocycles. The predicted molar refractivity (Wildman–Crippen MR) is 123 cm³/mol. The number of terminal acetylenes is 1. The van der Waals surface area contributed by atoms with Gasteiger partial charge < -0.3 is 4.74 Å². The number of rotatable bonds is 5. The monoisotopic (exact) mass is 463 g/mol. The Bertz CT molecular complexity index is 1190. The van der Waals surface area contributed by atoms with Gasteiger partial charge in [0.05, 0.1) is 17.1 Å². The van der Waals surface area contributed by atoms with E-state index in [1.54, 1.807) is 12.3 Å². The minimum Gasteiger partial charge on any atom is -0.480 e. The molecule has 1 aromatic heterocycles. The average molecular weight is 464 g/mol. The molecule has 1 aliphatic rings. The summed E-state index contributed by atoms with van der Waals surface area (Å²) in [5.41, 5.74) is 1.29. The molecule has 0 amide bonds. The first-order valence-corrected chi connectivity index (χ1v) is 10.9. The third kappa shape index (κ3) is 4.31. The Morgan fingerprint density at radius 3 is 2.83 bits per heavy atom. The quantitative estimate of drug-likeness (QED) is 0.390. The molecule has 5 nitrogen and oxygen atoms in total.